The second-order valence-electron chi connectivity index (χ2n) is 5.03. The van der Waals surface area contributed by atoms with Crippen LogP contribution in [0.1, 0.15) is 46.0 Å². The number of nitrogens with one attached hydrogen (secondary N) is 1. The Bertz CT molecular complexity index is 224. The minimum absolute atomic E-state index is 0.00479. The van der Waals surface area contributed by atoms with E-state index in [9.17, 15) is 4.79 Å². The van der Waals surface area contributed by atoms with Crippen molar-refractivity contribution in [2.45, 2.75) is 64.1 Å². The molecule has 1 rings (SSSR count). The number of carbonyl (C=O) groups excluding carboxylic acids is 1. The topological polar surface area (TPSA) is 81.1 Å². The third-order valence-corrected chi connectivity index (χ3v) is 3.68. The third-order valence-electron chi connectivity index (χ3n) is 3.68. The number of carbonyl (C=O) groups is 1. The van der Waals surface area contributed by atoms with Gasteiger partial charge in [0, 0.05) is 12.1 Å². The molecule has 16 heavy (non-hydrogen) atoms. The first-order valence-corrected chi connectivity index (χ1v) is 6.36. The van der Waals surface area contributed by atoms with Gasteiger partial charge < -0.3 is 16.8 Å². The van der Waals surface area contributed by atoms with Crippen LogP contribution in [0.3, 0.4) is 0 Å². The molecule has 94 valence electrons. The first kappa shape index (κ1) is 13.5. The Morgan fingerprint density at radius 3 is 2.44 bits per heavy atom. The molecule has 2 atom stereocenters. The minimum atomic E-state index is -0.374. The Hall–Kier alpha value is -0.610. The van der Waals surface area contributed by atoms with Crippen LogP contribution >= 0.6 is 0 Å². The molecule has 1 amide bonds. The number of hydrogen-bond donors (Lipinski definition) is 3. The summed E-state index contributed by atoms with van der Waals surface area (Å²) in [7, 11) is 0. The fraction of sp³-hybridized carbons (Fsp3) is 0.917. The van der Waals surface area contributed by atoms with E-state index in [2.05, 4.69) is 12.2 Å². The van der Waals surface area contributed by atoms with E-state index in [-0.39, 0.29) is 23.9 Å². The van der Waals surface area contributed by atoms with E-state index in [1.54, 1.807) is 0 Å². The average Bonchev–Trinajstić information content (AvgIpc) is 2.30. The van der Waals surface area contributed by atoms with Crippen molar-refractivity contribution < 1.29 is 4.79 Å². The van der Waals surface area contributed by atoms with Crippen LogP contribution in [-0.2, 0) is 4.79 Å². The van der Waals surface area contributed by atoms with E-state index in [1.807, 2.05) is 6.92 Å². The monoisotopic (exact) mass is 227 g/mol. The summed E-state index contributed by atoms with van der Waals surface area (Å²) in [5.41, 5.74) is 11.7. The summed E-state index contributed by atoms with van der Waals surface area (Å²) in [6.07, 6.45) is 4.91. The lowest BCUT2D eigenvalue weighted by atomic mass is 9.91. The van der Waals surface area contributed by atoms with Gasteiger partial charge >= 0.3 is 0 Å². The van der Waals surface area contributed by atoms with Gasteiger partial charge in [-0.25, -0.2) is 0 Å². The molecular weight excluding hydrogens is 202 g/mol. The minimum Gasteiger partial charge on any atom is -0.352 e. The molecule has 4 nitrogen and oxygen atoms in total. The van der Waals surface area contributed by atoms with E-state index in [1.165, 1.54) is 0 Å². The zero-order chi connectivity index (χ0) is 12.1. The van der Waals surface area contributed by atoms with Crippen LogP contribution in [0.25, 0.3) is 0 Å². The van der Waals surface area contributed by atoms with Gasteiger partial charge in [-0.1, -0.05) is 20.3 Å². The van der Waals surface area contributed by atoms with Crippen LogP contribution in [0, 0.1) is 5.92 Å². The Morgan fingerprint density at radius 1 is 1.38 bits per heavy atom. The van der Waals surface area contributed by atoms with Crippen molar-refractivity contribution in [2.24, 2.45) is 17.4 Å². The second kappa shape index (κ2) is 6.21. The molecule has 0 spiro atoms. The predicted molar refractivity (Wildman–Crippen MR) is 65.8 cm³/mol. The van der Waals surface area contributed by atoms with Crippen LogP contribution in [0.5, 0.6) is 0 Å². The Balaban J connectivity index is 2.33. The SMILES string of the molecule is CCC(C)C(N)C(=O)NC1CCC(N)CC1. The van der Waals surface area contributed by atoms with Crippen LogP contribution < -0.4 is 16.8 Å². The van der Waals surface area contributed by atoms with Crippen LogP contribution in [0.4, 0.5) is 0 Å². The van der Waals surface area contributed by atoms with Gasteiger partial charge in [0.2, 0.25) is 5.91 Å². The molecule has 4 heteroatoms. The molecule has 1 fully saturated rings. The summed E-state index contributed by atoms with van der Waals surface area (Å²) < 4.78 is 0. The smallest absolute Gasteiger partial charge is 0.237 e. The maximum Gasteiger partial charge on any atom is 0.237 e. The maximum atomic E-state index is 11.8. The van der Waals surface area contributed by atoms with Gasteiger partial charge in [-0.15, -0.1) is 0 Å². The highest BCUT2D eigenvalue weighted by Crippen LogP contribution is 2.17. The number of nitrogens with two attached hydrogens (primary N) is 2. The van der Waals surface area contributed by atoms with E-state index in [0.29, 0.717) is 6.04 Å². The quantitative estimate of drug-likeness (QED) is 0.663. The largest absolute Gasteiger partial charge is 0.352 e. The average molecular weight is 227 g/mol. The van der Waals surface area contributed by atoms with Gasteiger partial charge in [-0.2, -0.15) is 0 Å². The zero-order valence-corrected chi connectivity index (χ0v) is 10.4. The number of hydrogen-bond acceptors (Lipinski definition) is 3. The van der Waals surface area contributed by atoms with Crippen LogP contribution in [-0.4, -0.2) is 24.0 Å². The molecule has 0 aromatic rings. The lowest BCUT2D eigenvalue weighted by Gasteiger charge is -2.28. The number of rotatable bonds is 4. The van der Waals surface area contributed by atoms with Crippen molar-refractivity contribution in [3.63, 3.8) is 0 Å². The molecule has 0 aromatic carbocycles. The lowest BCUT2D eigenvalue weighted by Crippen LogP contribution is -2.49. The highest BCUT2D eigenvalue weighted by molar-refractivity contribution is 5.82. The molecule has 5 N–H and O–H groups in total. The van der Waals surface area contributed by atoms with Crippen molar-refractivity contribution in [1.29, 1.82) is 0 Å². The molecule has 0 saturated heterocycles. The summed E-state index contributed by atoms with van der Waals surface area (Å²) in [4.78, 5) is 11.8. The number of amides is 1. The first-order chi connectivity index (χ1) is 7.54. The molecular formula is C12H25N3O. The third kappa shape index (κ3) is 3.76. The molecule has 0 bridgehead atoms. The van der Waals surface area contributed by atoms with E-state index in [4.69, 9.17) is 11.5 Å². The van der Waals surface area contributed by atoms with Gasteiger partial charge in [-0.05, 0) is 31.6 Å². The van der Waals surface area contributed by atoms with E-state index < -0.39 is 0 Å². The molecule has 1 aliphatic carbocycles. The van der Waals surface area contributed by atoms with Crippen LogP contribution in [0.2, 0.25) is 0 Å². The highest BCUT2D eigenvalue weighted by atomic mass is 16.2. The summed E-state index contributed by atoms with van der Waals surface area (Å²) in [6, 6.07) is 0.222. The second-order valence-corrected chi connectivity index (χ2v) is 5.03. The van der Waals surface area contributed by atoms with E-state index >= 15 is 0 Å². The highest BCUT2D eigenvalue weighted by Gasteiger charge is 2.24. The van der Waals surface area contributed by atoms with Crippen molar-refractivity contribution >= 4 is 5.91 Å². The Labute approximate surface area is 98.1 Å². The zero-order valence-electron chi connectivity index (χ0n) is 10.4. The van der Waals surface area contributed by atoms with Gasteiger partial charge in [0.1, 0.15) is 0 Å². The molecule has 1 saturated carbocycles. The van der Waals surface area contributed by atoms with Gasteiger partial charge in [0.25, 0.3) is 0 Å². The fourth-order valence-corrected chi connectivity index (χ4v) is 2.07. The fourth-order valence-electron chi connectivity index (χ4n) is 2.07. The maximum absolute atomic E-state index is 11.8. The molecule has 0 aromatic heterocycles. The summed E-state index contributed by atoms with van der Waals surface area (Å²) in [5.74, 6) is 0.237. The molecule has 0 radical (unpaired) electrons. The first-order valence-electron chi connectivity index (χ1n) is 6.36. The molecule has 0 aliphatic heterocycles. The summed E-state index contributed by atoms with van der Waals surface area (Å²) in [6.45, 7) is 4.07. The van der Waals surface area contributed by atoms with Crippen LogP contribution in [0.15, 0.2) is 0 Å². The molecule has 2 unspecified atom stereocenters. The Kier molecular flexibility index (Phi) is 5.22. The van der Waals surface area contributed by atoms with Gasteiger partial charge in [-0.3, -0.25) is 4.79 Å². The van der Waals surface area contributed by atoms with Crippen molar-refractivity contribution in [1.82, 2.24) is 5.32 Å². The molecule has 1 aliphatic rings. The normalized spacial score (nSPS) is 29.5. The van der Waals surface area contributed by atoms with Crippen molar-refractivity contribution in [2.75, 3.05) is 0 Å². The standard InChI is InChI=1S/C12H25N3O/c1-3-8(2)11(14)12(16)15-10-6-4-9(13)5-7-10/h8-11H,3-7,13-14H2,1-2H3,(H,15,16). The van der Waals surface area contributed by atoms with E-state index in [0.717, 1.165) is 32.1 Å². The summed E-state index contributed by atoms with van der Waals surface area (Å²) in [5, 5.41) is 3.03. The summed E-state index contributed by atoms with van der Waals surface area (Å²) >= 11 is 0. The van der Waals surface area contributed by atoms with Crippen molar-refractivity contribution in [3.8, 4) is 0 Å². The molecule has 0 heterocycles. The lowest BCUT2D eigenvalue weighted by molar-refractivity contribution is -0.124. The van der Waals surface area contributed by atoms with Gasteiger partial charge in [0.05, 0.1) is 6.04 Å². The van der Waals surface area contributed by atoms with Crippen molar-refractivity contribution in [3.05, 3.63) is 0 Å². The predicted octanol–water partition coefficient (Wildman–Crippen LogP) is 0.746. The Morgan fingerprint density at radius 2 is 1.94 bits per heavy atom. The van der Waals surface area contributed by atoms with Gasteiger partial charge in [0.15, 0.2) is 0 Å².